The molecule has 1 aliphatic rings. The number of phenolic OH excluding ortho intramolecular Hbond substituents is 1. The summed E-state index contributed by atoms with van der Waals surface area (Å²) in [6.07, 6.45) is 9.23. The van der Waals surface area contributed by atoms with Crippen LogP contribution < -0.4 is 5.32 Å². The average Bonchev–Trinajstić information content (AvgIpc) is 2.68. The van der Waals surface area contributed by atoms with Gasteiger partial charge in [-0.2, -0.15) is 0 Å². The van der Waals surface area contributed by atoms with Crippen LogP contribution in [0.1, 0.15) is 36.8 Å². The zero-order valence-electron chi connectivity index (χ0n) is 15.9. The average molecular weight is 364 g/mol. The van der Waals surface area contributed by atoms with Crippen molar-refractivity contribution in [3.05, 3.63) is 65.7 Å². The van der Waals surface area contributed by atoms with Gasteiger partial charge in [-0.05, 0) is 74.7 Å². The van der Waals surface area contributed by atoms with Gasteiger partial charge in [-0.15, -0.1) is 0 Å². The zero-order valence-corrected chi connectivity index (χ0v) is 15.9. The van der Waals surface area contributed by atoms with Crippen LogP contribution in [0.4, 0.5) is 5.69 Å². The SMILES string of the molecule is CN1CCCCC1CCc1ccccc1NC(=O)/C=C/c1ccc(O)cc1. The second-order valence-electron chi connectivity index (χ2n) is 7.24. The molecular weight excluding hydrogens is 336 g/mol. The molecular formula is C23H28N2O2. The lowest BCUT2D eigenvalue weighted by Gasteiger charge is -2.32. The van der Waals surface area contributed by atoms with Gasteiger partial charge in [0, 0.05) is 17.8 Å². The minimum atomic E-state index is -0.148. The molecule has 0 saturated carbocycles. The highest BCUT2D eigenvalue weighted by Gasteiger charge is 2.18. The summed E-state index contributed by atoms with van der Waals surface area (Å²) in [5.41, 5.74) is 2.94. The molecule has 4 heteroatoms. The molecule has 27 heavy (non-hydrogen) atoms. The Hall–Kier alpha value is -2.59. The fourth-order valence-electron chi connectivity index (χ4n) is 3.62. The molecule has 2 aromatic rings. The first-order valence-corrected chi connectivity index (χ1v) is 9.68. The van der Waals surface area contributed by atoms with Gasteiger partial charge >= 0.3 is 0 Å². The molecule has 0 spiro atoms. The minimum Gasteiger partial charge on any atom is -0.508 e. The number of amides is 1. The smallest absolute Gasteiger partial charge is 0.248 e. The summed E-state index contributed by atoms with van der Waals surface area (Å²) in [5.74, 6) is 0.0689. The quantitative estimate of drug-likeness (QED) is 0.744. The number of carbonyl (C=O) groups excluding carboxylic acids is 1. The summed E-state index contributed by atoms with van der Waals surface area (Å²) in [5, 5.41) is 12.3. The number of benzene rings is 2. The Morgan fingerprint density at radius 1 is 1.19 bits per heavy atom. The van der Waals surface area contributed by atoms with Crippen molar-refractivity contribution >= 4 is 17.7 Å². The fraction of sp³-hybridized carbons (Fsp3) is 0.348. The Labute approximate surface area is 161 Å². The molecule has 4 nitrogen and oxygen atoms in total. The fourth-order valence-corrected chi connectivity index (χ4v) is 3.62. The molecule has 2 N–H and O–H groups in total. The summed E-state index contributed by atoms with van der Waals surface area (Å²) in [4.78, 5) is 14.8. The lowest BCUT2D eigenvalue weighted by Crippen LogP contribution is -2.36. The van der Waals surface area contributed by atoms with Gasteiger partial charge in [0.1, 0.15) is 5.75 Å². The van der Waals surface area contributed by atoms with Crippen LogP contribution in [0.5, 0.6) is 5.75 Å². The van der Waals surface area contributed by atoms with Gasteiger partial charge < -0.3 is 15.3 Å². The van der Waals surface area contributed by atoms with Gasteiger partial charge in [0.15, 0.2) is 0 Å². The molecule has 1 aliphatic heterocycles. The second-order valence-corrected chi connectivity index (χ2v) is 7.24. The largest absolute Gasteiger partial charge is 0.508 e. The standard InChI is InChI=1S/C23H28N2O2/c1-25-17-5-4-7-20(25)13-12-19-6-2-3-8-22(19)24-23(27)16-11-18-9-14-21(26)15-10-18/h2-3,6,8-11,14-16,20,26H,4-5,7,12-13,17H2,1H3,(H,24,27)/b16-11+. The highest BCUT2D eigenvalue weighted by atomic mass is 16.3. The Morgan fingerprint density at radius 2 is 1.96 bits per heavy atom. The maximum absolute atomic E-state index is 12.3. The first-order chi connectivity index (χ1) is 13.1. The lowest BCUT2D eigenvalue weighted by molar-refractivity contribution is -0.111. The topological polar surface area (TPSA) is 52.6 Å². The van der Waals surface area contributed by atoms with E-state index in [1.807, 2.05) is 18.2 Å². The van der Waals surface area contributed by atoms with Gasteiger partial charge in [0.25, 0.3) is 0 Å². The Bertz CT molecular complexity index is 783. The van der Waals surface area contributed by atoms with Crippen LogP contribution >= 0.6 is 0 Å². The van der Waals surface area contributed by atoms with Gasteiger partial charge in [-0.1, -0.05) is 36.8 Å². The van der Waals surface area contributed by atoms with Crippen LogP contribution in [0.25, 0.3) is 6.08 Å². The van der Waals surface area contributed by atoms with Crippen LogP contribution in [0, 0.1) is 0 Å². The van der Waals surface area contributed by atoms with E-state index in [4.69, 9.17) is 0 Å². The number of aryl methyl sites for hydroxylation is 1. The molecule has 142 valence electrons. The first kappa shape index (κ1) is 19.2. The molecule has 1 amide bonds. The molecule has 2 aromatic carbocycles. The van der Waals surface area contributed by atoms with Crippen molar-refractivity contribution in [2.24, 2.45) is 0 Å². The number of hydrogen-bond acceptors (Lipinski definition) is 3. The number of hydrogen-bond donors (Lipinski definition) is 2. The molecule has 1 atom stereocenters. The third kappa shape index (κ3) is 5.69. The van der Waals surface area contributed by atoms with Crippen molar-refractivity contribution in [1.29, 1.82) is 0 Å². The number of anilines is 1. The van der Waals surface area contributed by atoms with Crippen molar-refractivity contribution in [2.45, 2.75) is 38.1 Å². The Balaban J connectivity index is 1.59. The van der Waals surface area contributed by atoms with E-state index in [0.29, 0.717) is 6.04 Å². The molecule has 0 radical (unpaired) electrons. The van der Waals surface area contributed by atoms with E-state index in [-0.39, 0.29) is 11.7 Å². The number of phenols is 1. The summed E-state index contributed by atoms with van der Waals surface area (Å²) in [7, 11) is 2.21. The Morgan fingerprint density at radius 3 is 2.74 bits per heavy atom. The number of piperidine rings is 1. The zero-order chi connectivity index (χ0) is 19.1. The van der Waals surface area contributed by atoms with Crippen molar-refractivity contribution in [3.8, 4) is 5.75 Å². The predicted octanol–water partition coefficient (Wildman–Crippen LogP) is 4.46. The molecule has 1 unspecified atom stereocenters. The Kier molecular flexibility index (Phi) is 6.66. The maximum Gasteiger partial charge on any atom is 0.248 e. The monoisotopic (exact) mass is 364 g/mol. The van der Waals surface area contributed by atoms with Crippen molar-refractivity contribution in [1.82, 2.24) is 4.90 Å². The number of rotatable bonds is 6. The highest BCUT2D eigenvalue weighted by molar-refractivity contribution is 6.02. The molecule has 1 fully saturated rings. The molecule has 3 rings (SSSR count). The number of nitrogens with zero attached hydrogens (tertiary/aromatic N) is 1. The summed E-state index contributed by atoms with van der Waals surface area (Å²) in [6, 6.07) is 15.4. The van der Waals surface area contributed by atoms with Crippen molar-refractivity contribution < 1.29 is 9.90 Å². The first-order valence-electron chi connectivity index (χ1n) is 9.68. The molecule has 1 saturated heterocycles. The van der Waals surface area contributed by atoms with Gasteiger partial charge in [-0.25, -0.2) is 0 Å². The molecule has 1 heterocycles. The van der Waals surface area contributed by atoms with Gasteiger partial charge in [-0.3, -0.25) is 4.79 Å². The van der Waals surface area contributed by atoms with Crippen LogP contribution in [-0.4, -0.2) is 35.5 Å². The minimum absolute atomic E-state index is 0.148. The van der Waals surface area contributed by atoms with E-state index in [0.717, 1.165) is 24.1 Å². The predicted molar refractivity (Wildman–Crippen MR) is 111 cm³/mol. The van der Waals surface area contributed by atoms with E-state index >= 15 is 0 Å². The number of likely N-dealkylation sites (tertiary alicyclic amines) is 1. The normalized spacial score (nSPS) is 17.9. The number of carbonyl (C=O) groups is 1. The number of para-hydroxylation sites is 1. The van der Waals surface area contributed by atoms with E-state index in [9.17, 15) is 9.90 Å². The third-order valence-electron chi connectivity index (χ3n) is 5.26. The summed E-state index contributed by atoms with van der Waals surface area (Å²) >= 11 is 0. The summed E-state index contributed by atoms with van der Waals surface area (Å²) < 4.78 is 0. The molecule has 0 aromatic heterocycles. The van der Waals surface area contributed by atoms with Crippen molar-refractivity contribution in [3.63, 3.8) is 0 Å². The van der Waals surface area contributed by atoms with Crippen LogP contribution in [0.3, 0.4) is 0 Å². The van der Waals surface area contributed by atoms with E-state index in [1.54, 1.807) is 30.3 Å². The second kappa shape index (κ2) is 9.38. The lowest BCUT2D eigenvalue weighted by atomic mass is 9.96. The van der Waals surface area contributed by atoms with Crippen LogP contribution in [0.2, 0.25) is 0 Å². The molecule has 0 aliphatic carbocycles. The molecule has 0 bridgehead atoms. The maximum atomic E-state index is 12.3. The van der Waals surface area contributed by atoms with Gasteiger partial charge in [0.05, 0.1) is 0 Å². The van der Waals surface area contributed by atoms with E-state index < -0.39 is 0 Å². The number of aromatic hydroxyl groups is 1. The van der Waals surface area contributed by atoms with E-state index in [1.165, 1.54) is 37.4 Å². The van der Waals surface area contributed by atoms with Crippen LogP contribution in [0.15, 0.2) is 54.6 Å². The summed E-state index contributed by atoms with van der Waals surface area (Å²) in [6.45, 7) is 1.19. The van der Waals surface area contributed by atoms with Crippen molar-refractivity contribution in [2.75, 3.05) is 18.9 Å². The highest BCUT2D eigenvalue weighted by Crippen LogP contribution is 2.23. The third-order valence-corrected chi connectivity index (χ3v) is 5.26. The van der Waals surface area contributed by atoms with Crippen LogP contribution in [-0.2, 0) is 11.2 Å². The van der Waals surface area contributed by atoms with Gasteiger partial charge in [0.2, 0.25) is 5.91 Å². The number of nitrogens with one attached hydrogen (secondary N) is 1. The van der Waals surface area contributed by atoms with E-state index in [2.05, 4.69) is 23.3 Å².